The van der Waals surface area contributed by atoms with Crippen molar-refractivity contribution < 1.29 is 9.53 Å². The molecule has 1 rings (SSSR count). The number of rotatable bonds is 3. The van der Waals surface area contributed by atoms with Crippen LogP contribution in [0.1, 0.15) is 27.0 Å². The van der Waals surface area contributed by atoms with Gasteiger partial charge in [-0.15, -0.1) is 17.8 Å². The van der Waals surface area contributed by atoms with E-state index >= 15 is 0 Å². The van der Waals surface area contributed by atoms with Crippen molar-refractivity contribution in [2.75, 3.05) is 6.61 Å². The fourth-order valence-electron chi connectivity index (χ4n) is 1.15. The number of ether oxygens (including phenoxy) is 1. The number of carbonyl (C=O) groups is 1. The summed E-state index contributed by atoms with van der Waals surface area (Å²) in [6.07, 6.45) is 5.94. The van der Waals surface area contributed by atoms with Crippen LogP contribution in [0, 0.1) is 19.3 Å². The molecule has 1 aromatic rings. The van der Waals surface area contributed by atoms with E-state index in [1.165, 1.54) is 16.2 Å². The molecular formula is C11H12O2S. The van der Waals surface area contributed by atoms with E-state index in [0.29, 0.717) is 4.88 Å². The van der Waals surface area contributed by atoms with Crippen LogP contribution in [0.5, 0.6) is 0 Å². The number of hydrogen-bond donors (Lipinski definition) is 0. The Morgan fingerprint density at radius 3 is 2.93 bits per heavy atom. The summed E-state index contributed by atoms with van der Waals surface area (Å²) in [6, 6.07) is 1.85. The fraction of sp³-hybridized carbons (Fsp3) is 0.364. The highest BCUT2D eigenvalue weighted by Gasteiger charge is 2.11. The van der Waals surface area contributed by atoms with Crippen molar-refractivity contribution in [2.45, 2.75) is 20.3 Å². The summed E-state index contributed by atoms with van der Waals surface area (Å²) in [5.74, 6) is 1.94. The number of terminal acetylenes is 1. The average Bonchev–Trinajstić information content (AvgIpc) is 2.56. The molecular weight excluding hydrogens is 196 g/mol. The molecule has 0 aliphatic rings. The quantitative estimate of drug-likeness (QED) is 0.563. The lowest BCUT2D eigenvalue weighted by atomic mass is 10.2. The van der Waals surface area contributed by atoms with E-state index in [1.807, 2.05) is 13.0 Å². The molecule has 0 spiro atoms. The first-order chi connectivity index (χ1) is 6.69. The Bertz CT molecular complexity index is 371. The number of aryl methyl sites for hydroxylation is 2. The maximum absolute atomic E-state index is 11.4. The first-order valence-corrected chi connectivity index (χ1v) is 5.20. The third kappa shape index (κ3) is 2.36. The normalized spacial score (nSPS) is 9.50. The summed E-state index contributed by atoms with van der Waals surface area (Å²) >= 11 is 1.47. The lowest BCUT2D eigenvalue weighted by Gasteiger charge is -1.95. The summed E-state index contributed by atoms with van der Waals surface area (Å²) in [5.41, 5.74) is 1.14. The van der Waals surface area contributed by atoms with Gasteiger partial charge >= 0.3 is 5.97 Å². The molecule has 0 aromatic carbocycles. The molecule has 0 amide bonds. The van der Waals surface area contributed by atoms with Crippen LogP contribution in [0.25, 0.3) is 0 Å². The molecule has 0 radical (unpaired) electrons. The molecule has 0 saturated carbocycles. The van der Waals surface area contributed by atoms with Gasteiger partial charge in [0.05, 0.1) is 0 Å². The van der Waals surface area contributed by atoms with Gasteiger partial charge in [0.2, 0.25) is 0 Å². The van der Waals surface area contributed by atoms with Gasteiger partial charge in [-0.05, 0) is 25.0 Å². The lowest BCUT2D eigenvalue weighted by Crippen LogP contribution is -2.02. The molecule has 0 atom stereocenters. The first-order valence-electron chi connectivity index (χ1n) is 4.39. The van der Waals surface area contributed by atoms with Crippen molar-refractivity contribution >= 4 is 17.3 Å². The molecule has 14 heavy (non-hydrogen) atoms. The largest absolute Gasteiger partial charge is 0.448 e. The lowest BCUT2D eigenvalue weighted by molar-refractivity contribution is 0.0562. The first kappa shape index (κ1) is 10.8. The van der Waals surface area contributed by atoms with E-state index in [1.54, 1.807) is 0 Å². The average molecular weight is 208 g/mol. The second-order valence-electron chi connectivity index (χ2n) is 2.85. The minimum absolute atomic E-state index is 0.0389. The molecule has 3 heteroatoms. The predicted molar refractivity (Wildman–Crippen MR) is 57.5 cm³/mol. The highest BCUT2D eigenvalue weighted by Crippen LogP contribution is 2.22. The van der Waals surface area contributed by atoms with Gasteiger partial charge in [-0.2, -0.15) is 0 Å². The molecule has 0 aliphatic heterocycles. The zero-order valence-corrected chi connectivity index (χ0v) is 9.11. The molecule has 1 heterocycles. The van der Waals surface area contributed by atoms with Gasteiger partial charge in [0, 0.05) is 4.88 Å². The molecule has 0 N–H and O–H groups in total. The molecule has 0 fully saturated rings. The maximum Gasteiger partial charge on any atom is 0.349 e. The minimum Gasteiger partial charge on any atom is -0.448 e. The van der Waals surface area contributed by atoms with E-state index in [0.717, 1.165) is 12.0 Å². The summed E-state index contributed by atoms with van der Waals surface area (Å²) in [5, 5.41) is 0. The second kappa shape index (κ2) is 4.83. The third-order valence-corrected chi connectivity index (χ3v) is 3.19. The summed E-state index contributed by atoms with van der Waals surface area (Å²) in [6.45, 7) is 4.10. The van der Waals surface area contributed by atoms with E-state index in [9.17, 15) is 4.79 Å². The number of hydrogen-bond acceptors (Lipinski definition) is 3. The predicted octanol–water partition coefficient (Wildman–Crippen LogP) is 2.41. The summed E-state index contributed by atoms with van der Waals surface area (Å²) < 4.78 is 4.83. The SMILES string of the molecule is C#CCOC(=O)c1cc(C)c(CC)s1. The Balaban J connectivity index is 2.76. The Morgan fingerprint density at radius 2 is 2.43 bits per heavy atom. The van der Waals surface area contributed by atoms with Crippen molar-refractivity contribution in [3.63, 3.8) is 0 Å². The highest BCUT2D eigenvalue weighted by atomic mass is 32.1. The van der Waals surface area contributed by atoms with Crippen LogP contribution < -0.4 is 0 Å². The number of carbonyl (C=O) groups excluding carboxylic acids is 1. The number of thiophene rings is 1. The van der Waals surface area contributed by atoms with E-state index in [2.05, 4.69) is 12.8 Å². The topological polar surface area (TPSA) is 26.3 Å². The molecule has 2 nitrogen and oxygen atoms in total. The Labute approximate surface area is 87.9 Å². The van der Waals surface area contributed by atoms with Crippen molar-refractivity contribution in [2.24, 2.45) is 0 Å². The summed E-state index contributed by atoms with van der Waals surface area (Å²) in [7, 11) is 0. The van der Waals surface area contributed by atoms with Crippen LogP contribution in [0.3, 0.4) is 0 Å². The van der Waals surface area contributed by atoms with Gasteiger partial charge in [0.25, 0.3) is 0 Å². The second-order valence-corrected chi connectivity index (χ2v) is 3.99. The van der Waals surface area contributed by atoms with E-state index < -0.39 is 0 Å². The zero-order chi connectivity index (χ0) is 10.6. The van der Waals surface area contributed by atoms with Gasteiger partial charge in [0.15, 0.2) is 6.61 Å². The molecule has 74 valence electrons. The van der Waals surface area contributed by atoms with Crippen LogP contribution in [-0.4, -0.2) is 12.6 Å². The molecule has 0 unspecified atom stereocenters. The number of esters is 1. The van der Waals surface area contributed by atoms with E-state index in [-0.39, 0.29) is 12.6 Å². The molecule has 0 aliphatic carbocycles. The van der Waals surface area contributed by atoms with Crippen LogP contribution in [0.2, 0.25) is 0 Å². The Hall–Kier alpha value is -1.27. The van der Waals surface area contributed by atoms with Gasteiger partial charge in [-0.1, -0.05) is 12.8 Å². The monoisotopic (exact) mass is 208 g/mol. The van der Waals surface area contributed by atoms with E-state index in [4.69, 9.17) is 11.2 Å². The standard InChI is InChI=1S/C11H12O2S/c1-4-6-13-11(12)10-7-8(3)9(5-2)14-10/h1,7H,5-6H2,2-3H3. The Morgan fingerprint density at radius 1 is 1.71 bits per heavy atom. The van der Waals surface area contributed by atoms with Crippen LogP contribution in [0.15, 0.2) is 6.07 Å². The Kier molecular flexibility index (Phi) is 3.73. The van der Waals surface area contributed by atoms with Crippen molar-refractivity contribution in [1.82, 2.24) is 0 Å². The van der Waals surface area contributed by atoms with Gasteiger partial charge in [-0.3, -0.25) is 0 Å². The van der Waals surface area contributed by atoms with Crippen LogP contribution in [0.4, 0.5) is 0 Å². The molecule has 0 saturated heterocycles. The fourth-order valence-corrected chi connectivity index (χ4v) is 2.16. The van der Waals surface area contributed by atoms with Gasteiger partial charge in [0.1, 0.15) is 4.88 Å². The van der Waals surface area contributed by atoms with Crippen LogP contribution >= 0.6 is 11.3 Å². The van der Waals surface area contributed by atoms with Gasteiger partial charge in [-0.25, -0.2) is 4.79 Å². The van der Waals surface area contributed by atoms with Crippen molar-refractivity contribution in [1.29, 1.82) is 0 Å². The smallest absolute Gasteiger partial charge is 0.349 e. The maximum atomic E-state index is 11.4. The molecule has 1 aromatic heterocycles. The van der Waals surface area contributed by atoms with Crippen molar-refractivity contribution in [3.05, 3.63) is 21.4 Å². The van der Waals surface area contributed by atoms with Gasteiger partial charge < -0.3 is 4.74 Å². The third-order valence-electron chi connectivity index (χ3n) is 1.83. The highest BCUT2D eigenvalue weighted by molar-refractivity contribution is 7.14. The minimum atomic E-state index is -0.323. The zero-order valence-electron chi connectivity index (χ0n) is 8.29. The van der Waals surface area contributed by atoms with Crippen molar-refractivity contribution in [3.8, 4) is 12.3 Å². The summed E-state index contributed by atoms with van der Waals surface area (Å²) in [4.78, 5) is 13.2. The van der Waals surface area contributed by atoms with Crippen LogP contribution in [-0.2, 0) is 11.2 Å². The molecule has 0 bridgehead atoms.